The molecule has 1 aromatic rings. The quantitative estimate of drug-likeness (QED) is 0.620. The zero-order valence-electron chi connectivity index (χ0n) is 6.67. The van der Waals surface area contributed by atoms with Crippen molar-refractivity contribution in [1.82, 2.24) is 0 Å². The van der Waals surface area contributed by atoms with E-state index >= 15 is 0 Å². The Bertz CT molecular complexity index is 233. The average molecular weight is 171 g/mol. The normalized spacial score (nSPS) is 12.6. The van der Waals surface area contributed by atoms with Crippen molar-refractivity contribution in [3.63, 3.8) is 0 Å². The summed E-state index contributed by atoms with van der Waals surface area (Å²) in [5, 5.41) is 0.00569. The molecule has 0 aliphatic rings. The SMILES string of the molecule is COc1ccccc1[C@@H](C)Cl. The molecule has 1 rings (SSSR count). The number of alkyl halides is 1. The standard InChI is InChI=1S/C9H11ClO/c1-7(10)8-5-3-4-6-9(8)11-2/h3-7H,1-2H3/t7-/m1/s1. The van der Waals surface area contributed by atoms with Gasteiger partial charge in [-0.1, -0.05) is 18.2 Å². The number of para-hydroxylation sites is 1. The van der Waals surface area contributed by atoms with E-state index in [9.17, 15) is 0 Å². The first-order chi connectivity index (χ1) is 5.25. The first kappa shape index (κ1) is 8.41. The highest BCUT2D eigenvalue weighted by Crippen LogP contribution is 2.28. The third kappa shape index (κ3) is 1.87. The van der Waals surface area contributed by atoms with Gasteiger partial charge in [0.05, 0.1) is 12.5 Å². The summed E-state index contributed by atoms with van der Waals surface area (Å²) < 4.78 is 5.12. The van der Waals surface area contributed by atoms with E-state index in [2.05, 4.69) is 0 Å². The van der Waals surface area contributed by atoms with Gasteiger partial charge in [0.15, 0.2) is 0 Å². The number of hydrogen-bond acceptors (Lipinski definition) is 1. The van der Waals surface area contributed by atoms with Crippen molar-refractivity contribution < 1.29 is 4.74 Å². The second-order valence-electron chi connectivity index (χ2n) is 2.36. The maximum atomic E-state index is 5.91. The minimum Gasteiger partial charge on any atom is -0.496 e. The molecule has 0 amide bonds. The molecular formula is C9H11ClO. The highest BCUT2D eigenvalue weighted by Gasteiger charge is 2.05. The van der Waals surface area contributed by atoms with Crippen LogP contribution in [0, 0.1) is 0 Å². The van der Waals surface area contributed by atoms with Crippen LogP contribution in [0.2, 0.25) is 0 Å². The van der Waals surface area contributed by atoms with Gasteiger partial charge in [-0.3, -0.25) is 0 Å². The van der Waals surface area contributed by atoms with Gasteiger partial charge in [0.2, 0.25) is 0 Å². The number of methoxy groups -OCH3 is 1. The van der Waals surface area contributed by atoms with E-state index in [1.807, 2.05) is 31.2 Å². The second-order valence-corrected chi connectivity index (χ2v) is 3.01. The van der Waals surface area contributed by atoms with Crippen LogP contribution < -0.4 is 4.74 Å². The molecule has 0 fully saturated rings. The van der Waals surface area contributed by atoms with E-state index < -0.39 is 0 Å². The van der Waals surface area contributed by atoms with E-state index in [0.717, 1.165) is 11.3 Å². The number of rotatable bonds is 2. The molecule has 1 atom stereocenters. The molecule has 1 nitrogen and oxygen atoms in total. The highest BCUT2D eigenvalue weighted by atomic mass is 35.5. The molecule has 11 heavy (non-hydrogen) atoms. The molecule has 2 heteroatoms. The summed E-state index contributed by atoms with van der Waals surface area (Å²) in [6.45, 7) is 1.93. The summed E-state index contributed by atoms with van der Waals surface area (Å²) >= 11 is 5.91. The van der Waals surface area contributed by atoms with Gasteiger partial charge in [-0.25, -0.2) is 0 Å². The fourth-order valence-electron chi connectivity index (χ4n) is 0.995. The van der Waals surface area contributed by atoms with Gasteiger partial charge < -0.3 is 4.74 Å². The van der Waals surface area contributed by atoms with Crippen molar-refractivity contribution in [2.24, 2.45) is 0 Å². The number of halogens is 1. The molecule has 1 aromatic carbocycles. The van der Waals surface area contributed by atoms with Gasteiger partial charge in [-0.15, -0.1) is 11.6 Å². The first-order valence-corrected chi connectivity index (χ1v) is 3.96. The Kier molecular flexibility index (Phi) is 2.77. The Hall–Kier alpha value is -0.690. The van der Waals surface area contributed by atoms with Crippen LogP contribution in [0.5, 0.6) is 5.75 Å². The van der Waals surface area contributed by atoms with E-state index in [0.29, 0.717) is 0 Å². The van der Waals surface area contributed by atoms with E-state index in [1.165, 1.54) is 0 Å². The van der Waals surface area contributed by atoms with Crippen LogP contribution in [-0.2, 0) is 0 Å². The van der Waals surface area contributed by atoms with Crippen molar-refractivity contribution in [3.8, 4) is 5.75 Å². The lowest BCUT2D eigenvalue weighted by Crippen LogP contribution is -1.90. The van der Waals surface area contributed by atoms with Crippen molar-refractivity contribution in [2.75, 3.05) is 7.11 Å². The molecule has 0 aliphatic carbocycles. The van der Waals surface area contributed by atoms with E-state index in [4.69, 9.17) is 16.3 Å². The van der Waals surface area contributed by atoms with Crippen molar-refractivity contribution in [3.05, 3.63) is 29.8 Å². The third-order valence-corrected chi connectivity index (χ3v) is 1.80. The van der Waals surface area contributed by atoms with Gasteiger partial charge in [0.25, 0.3) is 0 Å². The molecule has 0 unspecified atom stereocenters. The summed E-state index contributed by atoms with van der Waals surface area (Å²) in [5.74, 6) is 0.856. The van der Waals surface area contributed by atoms with Crippen LogP contribution in [-0.4, -0.2) is 7.11 Å². The predicted molar refractivity (Wildman–Crippen MR) is 47.3 cm³/mol. The van der Waals surface area contributed by atoms with Crippen LogP contribution in [0.4, 0.5) is 0 Å². The second kappa shape index (κ2) is 3.63. The highest BCUT2D eigenvalue weighted by molar-refractivity contribution is 6.20. The molecule has 0 bridgehead atoms. The lowest BCUT2D eigenvalue weighted by atomic mass is 10.1. The van der Waals surface area contributed by atoms with E-state index in [-0.39, 0.29) is 5.38 Å². The monoisotopic (exact) mass is 170 g/mol. The van der Waals surface area contributed by atoms with Gasteiger partial charge >= 0.3 is 0 Å². The van der Waals surface area contributed by atoms with Crippen molar-refractivity contribution in [2.45, 2.75) is 12.3 Å². The lowest BCUT2D eigenvalue weighted by molar-refractivity contribution is 0.409. The Morgan fingerprint density at radius 2 is 2.00 bits per heavy atom. The van der Waals surface area contributed by atoms with Gasteiger partial charge in [0, 0.05) is 5.56 Å². The summed E-state index contributed by atoms with van der Waals surface area (Å²) in [4.78, 5) is 0. The van der Waals surface area contributed by atoms with Crippen LogP contribution in [0.25, 0.3) is 0 Å². The zero-order chi connectivity index (χ0) is 8.27. The predicted octanol–water partition coefficient (Wildman–Crippen LogP) is 3.00. The summed E-state index contributed by atoms with van der Waals surface area (Å²) in [7, 11) is 1.65. The van der Waals surface area contributed by atoms with Crippen LogP contribution in [0.1, 0.15) is 17.9 Å². The molecule has 0 aliphatic heterocycles. The topological polar surface area (TPSA) is 9.23 Å². The Labute approximate surface area is 71.9 Å². The largest absolute Gasteiger partial charge is 0.496 e. The molecule has 0 aromatic heterocycles. The van der Waals surface area contributed by atoms with Crippen LogP contribution in [0.15, 0.2) is 24.3 Å². The van der Waals surface area contributed by atoms with Gasteiger partial charge in [-0.05, 0) is 13.0 Å². The minimum absolute atomic E-state index is 0.00569. The maximum absolute atomic E-state index is 5.91. The number of benzene rings is 1. The smallest absolute Gasteiger partial charge is 0.123 e. The van der Waals surface area contributed by atoms with Crippen molar-refractivity contribution >= 4 is 11.6 Å². The molecule has 0 saturated carbocycles. The Morgan fingerprint density at radius 3 is 2.45 bits per heavy atom. The third-order valence-electron chi connectivity index (χ3n) is 1.57. The van der Waals surface area contributed by atoms with Gasteiger partial charge in [-0.2, -0.15) is 0 Å². The molecule has 0 heterocycles. The minimum atomic E-state index is 0.00569. The van der Waals surface area contributed by atoms with Crippen molar-refractivity contribution in [1.29, 1.82) is 0 Å². The molecule has 0 spiro atoms. The first-order valence-electron chi connectivity index (χ1n) is 3.52. The molecule has 0 N–H and O–H groups in total. The average Bonchev–Trinajstić information content (AvgIpc) is 2.04. The van der Waals surface area contributed by atoms with Gasteiger partial charge in [0.1, 0.15) is 5.75 Å². The molecule has 0 radical (unpaired) electrons. The molecule has 60 valence electrons. The molecular weight excluding hydrogens is 160 g/mol. The summed E-state index contributed by atoms with van der Waals surface area (Å²) in [6.07, 6.45) is 0. The van der Waals surface area contributed by atoms with Crippen LogP contribution >= 0.6 is 11.6 Å². The maximum Gasteiger partial charge on any atom is 0.123 e. The number of ether oxygens (including phenoxy) is 1. The number of hydrogen-bond donors (Lipinski definition) is 0. The molecule has 0 saturated heterocycles. The van der Waals surface area contributed by atoms with Crippen LogP contribution in [0.3, 0.4) is 0 Å². The fraction of sp³-hybridized carbons (Fsp3) is 0.333. The Morgan fingerprint density at radius 1 is 1.36 bits per heavy atom. The lowest BCUT2D eigenvalue weighted by Gasteiger charge is -2.08. The Balaban J connectivity index is 3.02. The zero-order valence-corrected chi connectivity index (χ0v) is 7.43. The van der Waals surface area contributed by atoms with E-state index in [1.54, 1.807) is 7.11 Å². The summed E-state index contributed by atoms with van der Waals surface area (Å²) in [5.41, 5.74) is 1.04. The summed E-state index contributed by atoms with van der Waals surface area (Å²) in [6, 6.07) is 7.77. The fourth-order valence-corrected chi connectivity index (χ4v) is 1.18.